The maximum absolute atomic E-state index is 13.0. The topological polar surface area (TPSA) is 75.6 Å². The molecule has 2 N–H and O–H groups in total. The van der Waals surface area contributed by atoms with E-state index < -0.39 is 29.8 Å². The molecule has 26 heavy (non-hydrogen) atoms. The van der Waals surface area contributed by atoms with Gasteiger partial charge in [0.1, 0.15) is 6.61 Å². The Bertz CT molecular complexity index is 791. The van der Waals surface area contributed by atoms with Gasteiger partial charge < -0.3 is 15.2 Å². The lowest BCUT2D eigenvalue weighted by molar-refractivity contribution is -0.140. The van der Waals surface area contributed by atoms with E-state index in [4.69, 9.17) is 4.74 Å². The normalized spacial score (nSPS) is 12.3. The van der Waals surface area contributed by atoms with Gasteiger partial charge in [-0.3, -0.25) is 0 Å². The predicted molar refractivity (Wildman–Crippen MR) is 86.3 cm³/mol. The monoisotopic (exact) mass is 367 g/mol. The Morgan fingerprint density at radius 1 is 1.15 bits per heavy atom. The Morgan fingerprint density at radius 3 is 2.38 bits per heavy atom. The van der Waals surface area contributed by atoms with Crippen LogP contribution in [-0.2, 0) is 22.3 Å². The molecule has 0 spiro atoms. The molecule has 0 aliphatic carbocycles. The number of hydrogen-bond acceptors (Lipinski definition) is 3. The molecule has 5 nitrogen and oxygen atoms in total. The minimum Gasteiger partial charge on any atom is -0.479 e. The van der Waals surface area contributed by atoms with E-state index in [2.05, 4.69) is 5.32 Å². The van der Waals surface area contributed by atoms with Crippen LogP contribution in [0.15, 0.2) is 48.5 Å². The summed E-state index contributed by atoms with van der Waals surface area (Å²) in [5, 5.41) is 11.3. The highest BCUT2D eigenvalue weighted by molar-refractivity contribution is 5.81. The summed E-state index contributed by atoms with van der Waals surface area (Å²) in [6, 6.07) is 10.1. The molecular weight excluding hydrogens is 351 g/mol. The highest BCUT2D eigenvalue weighted by atomic mass is 19.4. The number of rotatable bonds is 5. The molecule has 2 rings (SSSR count). The minimum atomic E-state index is -4.63. The molecule has 0 radical (unpaired) electrons. The van der Waals surface area contributed by atoms with Gasteiger partial charge in [0.25, 0.3) is 0 Å². The van der Waals surface area contributed by atoms with E-state index in [1.807, 2.05) is 0 Å². The number of carbonyl (C=O) groups is 2. The molecule has 0 bridgehead atoms. The first-order chi connectivity index (χ1) is 12.2. The fourth-order valence-electron chi connectivity index (χ4n) is 2.29. The number of nitrogens with one attached hydrogen (secondary N) is 1. The van der Waals surface area contributed by atoms with Crippen molar-refractivity contribution in [3.8, 4) is 0 Å². The van der Waals surface area contributed by atoms with Crippen molar-refractivity contribution >= 4 is 12.1 Å². The van der Waals surface area contributed by atoms with Crippen LogP contribution in [0.5, 0.6) is 0 Å². The van der Waals surface area contributed by atoms with Crippen LogP contribution in [0.4, 0.5) is 18.0 Å². The highest BCUT2D eigenvalue weighted by Gasteiger charge is 2.34. The molecule has 1 unspecified atom stereocenters. The van der Waals surface area contributed by atoms with E-state index in [9.17, 15) is 27.9 Å². The van der Waals surface area contributed by atoms with Gasteiger partial charge in [0, 0.05) is 0 Å². The van der Waals surface area contributed by atoms with Crippen LogP contribution < -0.4 is 5.32 Å². The molecule has 0 saturated heterocycles. The summed E-state index contributed by atoms with van der Waals surface area (Å²) in [6.07, 6.45) is -5.67. The molecule has 2 aromatic rings. The standard InChI is InChI=1S/C18H16F3NO4/c1-11-7-8-13(9-14(11)18(19,20)21)15(16(23)24)22-17(25)26-10-12-5-3-2-4-6-12/h2-9,15H,10H2,1H3,(H,22,25)(H,23,24). The van der Waals surface area contributed by atoms with Crippen LogP contribution in [0.25, 0.3) is 0 Å². The van der Waals surface area contributed by atoms with Crippen LogP contribution in [0.3, 0.4) is 0 Å². The second-order valence-corrected chi connectivity index (χ2v) is 5.55. The highest BCUT2D eigenvalue weighted by Crippen LogP contribution is 2.33. The van der Waals surface area contributed by atoms with E-state index in [1.165, 1.54) is 13.0 Å². The molecule has 0 saturated carbocycles. The van der Waals surface area contributed by atoms with Gasteiger partial charge in [-0.2, -0.15) is 13.2 Å². The van der Waals surface area contributed by atoms with Crippen molar-refractivity contribution in [3.05, 3.63) is 70.8 Å². The van der Waals surface area contributed by atoms with Crippen molar-refractivity contribution in [1.82, 2.24) is 5.32 Å². The third-order valence-corrected chi connectivity index (χ3v) is 3.62. The average molecular weight is 367 g/mol. The lowest BCUT2D eigenvalue weighted by atomic mass is 10.00. The van der Waals surface area contributed by atoms with Crippen LogP contribution in [0.2, 0.25) is 0 Å². The van der Waals surface area contributed by atoms with Crippen molar-refractivity contribution in [3.63, 3.8) is 0 Å². The summed E-state index contributed by atoms with van der Waals surface area (Å²) in [5.74, 6) is -1.50. The Labute approximate surface area is 147 Å². The third-order valence-electron chi connectivity index (χ3n) is 3.62. The van der Waals surface area contributed by atoms with Crippen LogP contribution in [-0.4, -0.2) is 17.2 Å². The second kappa shape index (κ2) is 7.90. The lowest BCUT2D eigenvalue weighted by Gasteiger charge is -2.18. The van der Waals surface area contributed by atoms with Gasteiger partial charge in [-0.05, 0) is 29.7 Å². The van der Waals surface area contributed by atoms with Crippen molar-refractivity contribution in [2.45, 2.75) is 25.7 Å². The number of benzene rings is 2. The number of alkyl halides is 3. The number of alkyl carbamates (subject to hydrolysis) is 1. The van der Waals surface area contributed by atoms with Gasteiger partial charge >= 0.3 is 18.2 Å². The van der Waals surface area contributed by atoms with E-state index in [-0.39, 0.29) is 17.7 Å². The molecular formula is C18H16F3NO4. The van der Waals surface area contributed by atoms with Crippen LogP contribution in [0.1, 0.15) is 28.3 Å². The zero-order chi connectivity index (χ0) is 19.3. The van der Waals surface area contributed by atoms with E-state index in [0.29, 0.717) is 11.6 Å². The van der Waals surface area contributed by atoms with Crippen molar-refractivity contribution < 1.29 is 32.6 Å². The number of amides is 1. The zero-order valence-electron chi connectivity index (χ0n) is 13.7. The molecule has 0 aliphatic heterocycles. The van der Waals surface area contributed by atoms with E-state index >= 15 is 0 Å². The van der Waals surface area contributed by atoms with Gasteiger partial charge in [-0.25, -0.2) is 9.59 Å². The van der Waals surface area contributed by atoms with Crippen molar-refractivity contribution in [2.75, 3.05) is 0 Å². The van der Waals surface area contributed by atoms with Gasteiger partial charge in [-0.15, -0.1) is 0 Å². The Morgan fingerprint density at radius 2 is 1.81 bits per heavy atom. The summed E-state index contributed by atoms with van der Waals surface area (Å²) < 4.78 is 43.9. The molecule has 0 fully saturated rings. The summed E-state index contributed by atoms with van der Waals surface area (Å²) in [7, 11) is 0. The van der Waals surface area contributed by atoms with Gasteiger partial charge in [-0.1, -0.05) is 42.5 Å². The molecule has 1 atom stereocenters. The minimum absolute atomic E-state index is 0.0444. The molecule has 0 heterocycles. The SMILES string of the molecule is Cc1ccc(C(NC(=O)OCc2ccccc2)C(=O)O)cc1C(F)(F)F. The fourth-order valence-corrected chi connectivity index (χ4v) is 2.29. The summed E-state index contributed by atoms with van der Waals surface area (Å²) >= 11 is 0. The first-order valence-electron chi connectivity index (χ1n) is 7.56. The van der Waals surface area contributed by atoms with E-state index in [1.54, 1.807) is 30.3 Å². The number of carboxylic acids is 1. The number of ether oxygens (including phenoxy) is 1. The molecule has 1 amide bonds. The van der Waals surface area contributed by atoms with Crippen molar-refractivity contribution in [2.24, 2.45) is 0 Å². The third kappa shape index (κ3) is 4.98. The first-order valence-corrected chi connectivity index (χ1v) is 7.56. The number of aryl methyl sites for hydroxylation is 1. The smallest absolute Gasteiger partial charge is 0.416 e. The van der Waals surface area contributed by atoms with Gasteiger partial charge in [0.05, 0.1) is 5.56 Å². The quantitative estimate of drug-likeness (QED) is 0.835. The van der Waals surface area contributed by atoms with E-state index in [0.717, 1.165) is 6.07 Å². The lowest BCUT2D eigenvalue weighted by Crippen LogP contribution is -2.34. The predicted octanol–water partition coefficient (Wildman–Crippen LogP) is 4.07. The molecule has 0 aliphatic rings. The maximum atomic E-state index is 13.0. The number of halogens is 3. The molecule has 8 heteroatoms. The summed E-state index contributed by atoms with van der Waals surface area (Å²) in [4.78, 5) is 23.2. The molecule has 0 aromatic heterocycles. The van der Waals surface area contributed by atoms with Crippen LogP contribution >= 0.6 is 0 Å². The summed E-state index contributed by atoms with van der Waals surface area (Å²) in [6.45, 7) is 1.17. The zero-order valence-corrected chi connectivity index (χ0v) is 13.7. The number of carbonyl (C=O) groups excluding carboxylic acids is 1. The summed E-state index contributed by atoms with van der Waals surface area (Å²) in [5.41, 5.74) is -0.519. The Balaban J connectivity index is 2.14. The van der Waals surface area contributed by atoms with Crippen LogP contribution in [0, 0.1) is 6.92 Å². The largest absolute Gasteiger partial charge is 0.479 e. The first kappa shape index (κ1) is 19.3. The molecule has 2 aromatic carbocycles. The van der Waals surface area contributed by atoms with Gasteiger partial charge in [0.15, 0.2) is 6.04 Å². The Kier molecular flexibility index (Phi) is 5.86. The number of carboxylic acid groups (broad SMARTS) is 1. The number of aliphatic carboxylic acids is 1. The maximum Gasteiger partial charge on any atom is 0.416 e. The number of hydrogen-bond donors (Lipinski definition) is 2. The van der Waals surface area contributed by atoms with Gasteiger partial charge in [0.2, 0.25) is 0 Å². The van der Waals surface area contributed by atoms with Crippen molar-refractivity contribution in [1.29, 1.82) is 0 Å². The fraction of sp³-hybridized carbons (Fsp3) is 0.222. The molecule has 138 valence electrons. The second-order valence-electron chi connectivity index (χ2n) is 5.55. The average Bonchev–Trinajstić information content (AvgIpc) is 2.58. The Hall–Kier alpha value is -3.03.